The number of anilines is 3. The van der Waals surface area contributed by atoms with Gasteiger partial charge < -0.3 is 18.3 Å². The summed E-state index contributed by atoms with van der Waals surface area (Å²) in [5.74, 6) is 0. The van der Waals surface area contributed by atoms with E-state index in [4.69, 9.17) is 8.83 Å². The molecule has 13 rings (SSSR count). The predicted molar refractivity (Wildman–Crippen MR) is 266 cm³/mol. The smallest absolute Gasteiger partial charge is 0.143 e. The Hall–Kier alpha value is -8.60. The molecule has 0 amide bonds. The van der Waals surface area contributed by atoms with E-state index in [1.807, 2.05) is 24.3 Å². The topological polar surface area (TPSA) is 34.5 Å². The second-order valence-electron chi connectivity index (χ2n) is 16.5. The van der Waals surface area contributed by atoms with Crippen molar-refractivity contribution in [3.63, 3.8) is 0 Å². The molecule has 0 saturated heterocycles. The number of rotatable bonds is 7. The fourth-order valence-corrected chi connectivity index (χ4v) is 9.78. The Balaban J connectivity index is 0.873. The van der Waals surface area contributed by atoms with Crippen molar-refractivity contribution in [2.45, 2.75) is 0 Å². The summed E-state index contributed by atoms with van der Waals surface area (Å²) in [7, 11) is 0. The quantitative estimate of drug-likeness (QED) is 0.161. The van der Waals surface area contributed by atoms with Gasteiger partial charge in [-0.15, -0.1) is 0 Å². The molecule has 0 saturated carbocycles. The van der Waals surface area contributed by atoms with Gasteiger partial charge in [-0.1, -0.05) is 158 Å². The van der Waals surface area contributed by atoms with Crippen LogP contribution in [0.15, 0.2) is 239 Å². The van der Waals surface area contributed by atoms with Crippen molar-refractivity contribution in [1.29, 1.82) is 0 Å². The van der Waals surface area contributed by atoms with Gasteiger partial charge in [0.15, 0.2) is 0 Å². The number of para-hydroxylation sites is 6. The molecule has 13 aromatic rings. The molecule has 300 valence electrons. The van der Waals surface area contributed by atoms with Crippen molar-refractivity contribution in [2.24, 2.45) is 0 Å². The number of benzene rings is 10. The molecule has 0 N–H and O–H groups in total. The van der Waals surface area contributed by atoms with Crippen molar-refractivity contribution < 1.29 is 8.83 Å². The third kappa shape index (κ3) is 5.77. The highest BCUT2D eigenvalue weighted by Crippen LogP contribution is 2.42. The van der Waals surface area contributed by atoms with Crippen LogP contribution in [0.5, 0.6) is 0 Å². The van der Waals surface area contributed by atoms with Crippen molar-refractivity contribution in [1.82, 2.24) is 4.57 Å². The number of nitrogens with zero attached hydrogens (tertiary/aromatic N) is 2. The standard InChI is InChI=1S/C60H38N2O2/c1-5-19-55-49(11-1)50-12-2-6-20-56(50)62(55)46-33-25-40(26-34-46)39-23-31-43(32-24-39)61(44-35-27-41(28-36-44)47-15-9-17-53-51-13-3-7-21-57(51)63-59(47)53)45-37-29-42(30-38-45)48-16-10-18-54-52-14-4-8-22-58(52)64-60(48)54/h1-38H. The minimum Gasteiger partial charge on any atom is -0.455 e. The Morgan fingerprint density at radius 2 is 0.641 bits per heavy atom. The van der Waals surface area contributed by atoms with E-state index in [2.05, 4.69) is 216 Å². The molecule has 0 aliphatic carbocycles. The summed E-state index contributed by atoms with van der Waals surface area (Å²) in [5, 5.41) is 7.03. The van der Waals surface area contributed by atoms with Crippen molar-refractivity contribution in [2.75, 3.05) is 4.90 Å². The van der Waals surface area contributed by atoms with E-state index >= 15 is 0 Å². The molecule has 3 heterocycles. The van der Waals surface area contributed by atoms with E-state index in [9.17, 15) is 0 Å². The van der Waals surface area contributed by atoms with E-state index in [0.717, 1.165) is 100 Å². The first-order valence-corrected chi connectivity index (χ1v) is 21.7. The molecule has 4 nitrogen and oxygen atoms in total. The van der Waals surface area contributed by atoms with Crippen LogP contribution >= 0.6 is 0 Å². The average molecular weight is 819 g/mol. The molecule has 4 heteroatoms. The van der Waals surface area contributed by atoms with Gasteiger partial charge in [-0.3, -0.25) is 0 Å². The third-order valence-corrected chi connectivity index (χ3v) is 12.8. The molecular weight excluding hydrogens is 781 g/mol. The van der Waals surface area contributed by atoms with Crippen LogP contribution in [0.1, 0.15) is 0 Å². The fraction of sp³-hybridized carbons (Fsp3) is 0. The largest absolute Gasteiger partial charge is 0.455 e. The molecule has 10 aromatic carbocycles. The molecule has 0 spiro atoms. The minimum absolute atomic E-state index is 0.898. The van der Waals surface area contributed by atoms with Crippen molar-refractivity contribution in [3.8, 4) is 39.1 Å². The molecule has 0 radical (unpaired) electrons. The Morgan fingerprint density at radius 3 is 1.09 bits per heavy atom. The van der Waals surface area contributed by atoms with E-state index in [0.29, 0.717) is 0 Å². The maximum Gasteiger partial charge on any atom is 0.143 e. The summed E-state index contributed by atoms with van der Waals surface area (Å²) < 4.78 is 15.2. The van der Waals surface area contributed by atoms with Gasteiger partial charge in [-0.05, 0) is 95.1 Å². The van der Waals surface area contributed by atoms with Gasteiger partial charge in [-0.2, -0.15) is 0 Å². The van der Waals surface area contributed by atoms with Gasteiger partial charge in [0.25, 0.3) is 0 Å². The Bertz CT molecular complexity index is 3660. The van der Waals surface area contributed by atoms with Crippen LogP contribution < -0.4 is 4.90 Å². The summed E-state index contributed by atoms with van der Waals surface area (Å²) in [6, 6.07) is 82.1. The Labute approximate surface area is 369 Å². The Kier molecular flexibility index (Phi) is 8.18. The first kappa shape index (κ1) is 36.1. The van der Waals surface area contributed by atoms with Crippen LogP contribution in [0.25, 0.3) is 105 Å². The van der Waals surface area contributed by atoms with Crippen LogP contribution in [0.4, 0.5) is 17.1 Å². The summed E-state index contributed by atoms with van der Waals surface area (Å²) in [5.41, 5.74) is 17.0. The van der Waals surface area contributed by atoms with Crippen molar-refractivity contribution >= 4 is 82.7 Å². The fourth-order valence-electron chi connectivity index (χ4n) is 9.78. The normalized spacial score (nSPS) is 11.8. The SMILES string of the molecule is c1ccc2c(c1)oc1c(-c3ccc(N(c4ccc(-c5ccc(-n6c7ccccc7c7ccccc76)cc5)cc4)c4ccc(-c5cccc6c5oc5ccccc56)cc4)cc3)cccc12. The summed E-state index contributed by atoms with van der Waals surface area (Å²) in [4.78, 5) is 2.33. The van der Waals surface area contributed by atoms with Crippen LogP contribution in [-0.4, -0.2) is 4.57 Å². The molecule has 0 unspecified atom stereocenters. The first-order chi connectivity index (χ1) is 31.7. The predicted octanol–water partition coefficient (Wildman–Crippen LogP) is 17.1. The number of furan rings is 2. The number of hydrogen-bond acceptors (Lipinski definition) is 3. The van der Waals surface area contributed by atoms with Crippen LogP contribution in [0.2, 0.25) is 0 Å². The highest BCUT2D eigenvalue weighted by atomic mass is 16.3. The molecule has 0 aliphatic rings. The summed E-state index contributed by atoms with van der Waals surface area (Å²) in [6.07, 6.45) is 0. The van der Waals surface area contributed by atoms with Gasteiger partial charge in [0.1, 0.15) is 22.3 Å². The maximum absolute atomic E-state index is 6.43. The third-order valence-electron chi connectivity index (χ3n) is 12.8. The molecule has 0 bridgehead atoms. The van der Waals surface area contributed by atoms with Crippen molar-refractivity contribution in [3.05, 3.63) is 231 Å². The van der Waals surface area contributed by atoms with E-state index in [-0.39, 0.29) is 0 Å². The van der Waals surface area contributed by atoms with Gasteiger partial charge in [-0.25, -0.2) is 0 Å². The monoisotopic (exact) mass is 818 g/mol. The maximum atomic E-state index is 6.43. The second-order valence-corrected chi connectivity index (χ2v) is 16.5. The zero-order valence-electron chi connectivity index (χ0n) is 34.7. The number of hydrogen-bond donors (Lipinski definition) is 0. The molecule has 0 fully saturated rings. The molecule has 0 aliphatic heterocycles. The second kappa shape index (κ2) is 14.5. The zero-order valence-corrected chi connectivity index (χ0v) is 34.7. The molecular formula is C60H38N2O2. The zero-order chi connectivity index (χ0) is 42.1. The highest BCUT2D eigenvalue weighted by Gasteiger charge is 2.18. The summed E-state index contributed by atoms with van der Waals surface area (Å²) >= 11 is 0. The van der Waals surface area contributed by atoms with Crippen LogP contribution in [0.3, 0.4) is 0 Å². The van der Waals surface area contributed by atoms with Gasteiger partial charge in [0, 0.05) is 66.2 Å². The minimum atomic E-state index is 0.898. The lowest BCUT2D eigenvalue weighted by Gasteiger charge is -2.26. The van der Waals surface area contributed by atoms with Gasteiger partial charge in [0.05, 0.1) is 11.0 Å². The molecule has 0 atom stereocenters. The van der Waals surface area contributed by atoms with E-state index in [1.54, 1.807) is 0 Å². The lowest BCUT2D eigenvalue weighted by atomic mass is 10.0. The van der Waals surface area contributed by atoms with Gasteiger partial charge in [0.2, 0.25) is 0 Å². The Morgan fingerprint density at radius 1 is 0.281 bits per heavy atom. The van der Waals surface area contributed by atoms with E-state index < -0.39 is 0 Å². The lowest BCUT2D eigenvalue weighted by molar-refractivity contribution is 0.669. The number of fused-ring (bicyclic) bond motifs is 9. The van der Waals surface area contributed by atoms with E-state index in [1.165, 1.54) is 21.8 Å². The van der Waals surface area contributed by atoms with Gasteiger partial charge >= 0.3 is 0 Å². The number of aromatic nitrogens is 1. The first-order valence-electron chi connectivity index (χ1n) is 21.7. The lowest BCUT2D eigenvalue weighted by Crippen LogP contribution is -2.09. The highest BCUT2D eigenvalue weighted by molar-refractivity contribution is 6.11. The molecule has 3 aromatic heterocycles. The summed E-state index contributed by atoms with van der Waals surface area (Å²) in [6.45, 7) is 0. The average Bonchev–Trinajstić information content (AvgIpc) is 4.05. The van der Waals surface area contributed by atoms with Crippen LogP contribution in [-0.2, 0) is 0 Å². The van der Waals surface area contributed by atoms with Crippen LogP contribution in [0, 0.1) is 0 Å². The molecule has 64 heavy (non-hydrogen) atoms.